The van der Waals surface area contributed by atoms with Gasteiger partial charge in [0.25, 0.3) is 0 Å². The van der Waals surface area contributed by atoms with Gasteiger partial charge in [0, 0.05) is 18.2 Å². The molecule has 3 rings (SSSR count). The van der Waals surface area contributed by atoms with Gasteiger partial charge in [0.2, 0.25) is 11.7 Å². The Morgan fingerprint density at radius 2 is 2.08 bits per heavy atom. The minimum Gasteiger partial charge on any atom is -0.337 e. The lowest BCUT2D eigenvalue weighted by Crippen LogP contribution is -2.42. The van der Waals surface area contributed by atoms with Gasteiger partial charge in [0.15, 0.2) is 9.84 Å². The molecule has 1 aromatic carbocycles. The van der Waals surface area contributed by atoms with Crippen LogP contribution in [-0.4, -0.2) is 63.5 Å². The molecule has 1 atom stereocenters. The molecule has 0 spiro atoms. The molecule has 1 fully saturated rings. The van der Waals surface area contributed by atoms with Gasteiger partial charge in [-0.05, 0) is 18.6 Å². The van der Waals surface area contributed by atoms with E-state index in [1.165, 1.54) is 4.80 Å². The third-order valence-electron chi connectivity index (χ3n) is 4.07. The number of hydrogen-bond donors (Lipinski definition) is 0. The maximum atomic E-state index is 12.5. The van der Waals surface area contributed by atoms with Gasteiger partial charge in [0.05, 0.1) is 11.5 Å². The highest BCUT2D eigenvalue weighted by Crippen LogP contribution is 2.18. The number of aromatic nitrogens is 4. The third-order valence-corrected chi connectivity index (χ3v) is 5.82. The second-order valence-corrected chi connectivity index (χ2v) is 7.97. The normalized spacial score (nSPS) is 19.3. The molecular formula is C15H19N5O3S. The quantitative estimate of drug-likeness (QED) is 0.774. The Hall–Kier alpha value is -2.29. The monoisotopic (exact) mass is 349 g/mol. The number of likely N-dealkylation sites (N-methyl/N-ethyl adjacent to an activating group) is 1. The highest BCUT2D eigenvalue weighted by atomic mass is 32.2. The zero-order valence-corrected chi connectivity index (χ0v) is 14.2. The molecule has 0 bridgehead atoms. The van der Waals surface area contributed by atoms with E-state index in [0.29, 0.717) is 18.8 Å². The molecule has 0 unspecified atom stereocenters. The van der Waals surface area contributed by atoms with Crippen molar-refractivity contribution in [2.24, 2.45) is 0 Å². The van der Waals surface area contributed by atoms with Crippen LogP contribution in [0.1, 0.15) is 13.3 Å². The van der Waals surface area contributed by atoms with Crippen LogP contribution >= 0.6 is 0 Å². The second-order valence-electron chi connectivity index (χ2n) is 5.75. The van der Waals surface area contributed by atoms with E-state index in [0.717, 1.165) is 5.56 Å². The van der Waals surface area contributed by atoms with Crippen LogP contribution in [0.15, 0.2) is 30.3 Å². The van der Waals surface area contributed by atoms with Crippen molar-refractivity contribution < 1.29 is 13.2 Å². The Morgan fingerprint density at radius 1 is 1.33 bits per heavy atom. The highest BCUT2D eigenvalue weighted by molar-refractivity contribution is 7.91. The minimum absolute atomic E-state index is 0.0344. The summed E-state index contributed by atoms with van der Waals surface area (Å²) in [5.41, 5.74) is 0.824. The van der Waals surface area contributed by atoms with Crippen molar-refractivity contribution in [1.82, 2.24) is 25.1 Å². The summed E-state index contributed by atoms with van der Waals surface area (Å²) in [5.74, 6) is 0.430. The Kier molecular flexibility index (Phi) is 4.61. The number of amides is 1. The Morgan fingerprint density at radius 3 is 2.71 bits per heavy atom. The molecule has 1 aliphatic rings. The molecule has 0 radical (unpaired) electrons. The average molecular weight is 349 g/mol. The Bertz CT molecular complexity index is 819. The van der Waals surface area contributed by atoms with Crippen LogP contribution in [-0.2, 0) is 21.2 Å². The fourth-order valence-corrected chi connectivity index (χ4v) is 4.61. The van der Waals surface area contributed by atoms with E-state index in [9.17, 15) is 13.2 Å². The predicted octanol–water partition coefficient (Wildman–Crippen LogP) is 0.376. The first-order chi connectivity index (χ1) is 11.5. The Balaban J connectivity index is 1.69. The van der Waals surface area contributed by atoms with Crippen molar-refractivity contribution in [3.63, 3.8) is 0 Å². The number of benzene rings is 1. The first-order valence-corrected chi connectivity index (χ1v) is 9.64. The number of carbonyl (C=O) groups is 1. The minimum atomic E-state index is -3.03. The SMILES string of the molecule is CCN(C(=O)Cn1nnc(-c2ccccc2)n1)[C@H]1CCS(=O)(=O)C1. The molecule has 8 nitrogen and oxygen atoms in total. The van der Waals surface area contributed by atoms with Gasteiger partial charge in [-0.3, -0.25) is 4.79 Å². The molecule has 1 aromatic heterocycles. The Labute approximate surface area is 140 Å². The van der Waals surface area contributed by atoms with Gasteiger partial charge in [-0.15, -0.1) is 10.2 Å². The van der Waals surface area contributed by atoms with Gasteiger partial charge in [-0.2, -0.15) is 4.80 Å². The summed E-state index contributed by atoms with van der Waals surface area (Å²) in [6.07, 6.45) is 0.488. The maximum absolute atomic E-state index is 12.5. The summed E-state index contributed by atoms with van der Waals surface area (Å²) in [6.45, 7) is 2.25. The van der Waals surface area contributed by atoms with E-state index < -0.39 is 9.84 Å². The van der Waals surface area contributed by atoms with Crippen molar-refractivity contribution in [1.29, 1.82) is 0 Å². The van der Waals surface area contributed by atoms with Crippen molar-refractivity contribution in [2.75, 3.05) is 18.1 Å². The van der Waals surface area contributed by atoms with E-state index in [2.05, 4.69) is 15.4 Å². The number of sulfone groups is 1. The molecule has 9 heteroatoms. The van der Waals surface area contributed by atoms with E-state index in [-0.39, 0.29) is 30.0 Å². The van der Waals surface area contributed by atoms with Crippen LogP contribution in [0.25, 0.3) is 11.4 Å². The lowest BCUT2D eigenvalue weighted by atomic mass is 10.2. The molecule has 1 saturated heterocycles. The molecular weight excluding hydrogens is 330 g/mol. The summed E-state index contributed by atoms with van der Waals surface area (Å²) in [5, 5.41) is 12.1. The summed E-state index contributed by atoms with van der Waals surface area (Å²) < 4.78 is 23.2. The fraction of sp³-hybridized carbons (Fsp3) is 0.467. The maximum Gasteiger partial charge on any atom is 0.246 e. The molecule has 0 aliphatic carbocycles. The van der Waals surface area contributed by atoms with E-state index >= 15 is 0 Å². The topological polar surface area (TPSA) is 98.1 Å². The first-order valence-electron chi connectivity index (χ1n) is 7.81. The molecule has 128 valence electrons. The summed E-state index contributed by atoms with van der Waals surface area (Å²) in [7, 11) is -3.03. The van der Waals surface area contributed by atoms with Crippen LogP contribution in [0.3, 0.4) is 0 Å². The number of nitrogens with zero attached hydrogens (tertiary/aromatic N) is 5. The van der Waals surface area contributed by atoms with Gasteiger partial charge < -0.3 is 4.90 Å². The predicted molar refractivity (Wildman–Crippen MR) is 87.7 cm³/mol. The van der Waals surface area contributed by atoms with Crippen LogP contribution in [0.5, 0.6) is 0 Å². The number of rotatable bonds is 5. The molecule has 1 amide bonds. The fourth-order valence-electron chi connectivity index (χ4n) is 2.88. The second kappa shape index (κ2) is 6.68. The third kappa shape index (κ3) is 3.61. The van der Waals surface area contributed by atoms with Crippen LogP contribution in [0, 0.1) is 0 Å². The lowest BCUT2D eigenvalue weighted by Gasteiger charge is -2.26. The molecule has 0 saturated carbocycles. The smallest absolute Gasteiger partial charge is 0.246 e. The van der Waals surface area contributed by atoms with Gasteiger partial charge >= 0.3 is 0 Å². The van der Waals surface area contributed by atoms with Crippen molar-refractivity contribution in [3.8, 4) is 11.4 Å². The number of hydrogen-bond acceptors (Lipinski definition) is 6. The first kappa shape index (κ1) is 16.6. The van der Waals surface area contributed by atoms with E-state index in [1.807, 2.05) is 37.3 Å². The van der Waals surface area contributed by atoms with Gasteiger partial charge in [-0.25, -0.2) is 8.42 Å². The lowest BCUT2D eigenvalue weighted by molar-refractivity contribution is -0.133. The summed E-state index contributed by atoms with van der Waals surface area (Å²) in [6, 6.07) is 9.12. The van der Waals surface area contributed by atoms with Crippen LogP contribution in [0.2, 0.25) is 0 Å². The largest absolute Gasteiger partial charge is 0.337 e. The summed E-state index contributed by atoms with van der Waals surface area (Å²) in [4.78, 5) is 15.3. The van der Waals surface area contributed by atoms with E-state index in [1.54, 1.807) is 4.90 Å². The summed E-state index contributed by atoms with van der Waals surface area (Å²) >= 11 is 0. The molecule has 2 heterocycles. The van der Waals surface area contributed by atoms with Gasteiger partial charge in [0.1, 0.15) is 6.54 Å². The van der Waals surface area contributed by atoms with Crippen molar-refractivity contribution in [3.05, 3.63) is 30.3 Å². The molecule has 0 N–H and O–H groups in total. The van der Waals surface area contributed by atoms with Crippen LogP contribution < -0.4 is 0 Å². The molecule has 1 aliphatic heterocycles. The average Bonchev–Trinajstić information content (AvgIpc) is 3.16. The van der Waals surface area contributed by atoms with E-state index in [4.69, 9.17) is 0 Å². The number of tetrazole rings is 1. The van der Waals surface area contributed by atoms with Crippen molar-refractivity contribution in [2.45, 2.75) is 25.9 Å². The molecule has 2 aromatic rings. The van der Waals surface area contributed by atoms with Crippen LogP contribution in [0.4, 0.5) is 0 Å². The number of carbonyl (C=O) groups excluding carboxylic acids is 1. The van der Waals surface area contributed by atoms with Gasteiger partial charge in [-0.1, -0.05) is 30.3 Å². The van der Waals surface area contributed by atoms with Crippen molar-refractivity contribution >= 4 is 15.7 Å². The zero-order chi connectivity index (χ0) is 17.2. The zero-order valence-electron chi connectivity index (χ0n) is 13.4. The highest BCUT2D eigenvalue weighted by Gasteiger charge is 2.34. The standard InChI is InChI=1S/C15H19N5O3S/c1-2-19(13-8-9-24(22,23)11-13)14(21)10-20-17-15(16-18-20)12-6-4-3-5-7-12/h3-7,13H,2,8-11H2,1H3/t13-/m0/s1. The molecule has 24 heavy (non-hydrogen) atoms.